The van der Waals surface area contributed by atoms with Gasteiger partial charge < -0.3 is 14.9 Å². The van der Waals surface area contributed by atoms with Crippen molar-refractivity contribution in [3.63, 3.8) is 0 Å². The van der Waals surface area contributed by atoms with Gasteiger partial charge in [-0.15, -0.1) is 0 Å². The second-order valence-electron chi connectivity index (χ2n) is 6.35. The van der Waals surface area contributed by atoms with Gasteiger partial charge in [0.15, 0.2) is 5.58 Å². The molecule has 23 heavy (non-hydrogen) atoms. The Labute approximate surface area is 134 Å². The predicted molar refractivity (Wildman–Crippen MR) is 86.2 cm³/mol. The maximum absolute atomic E-state index is 12.2. The Bertz CT molecular complexity index is 734. The van der Waals surface area contributed by atoms with Gasteiger partial charge in [0, 0.05) is 5.39 Å². The largest absolute Gasteiger partial charge is 0.480 e. The SMILES string of the molecule is Cc1cc(C)c2c(CC(=O)NC(CC(C)C)C(=O)O)noc2c1. The highest BCUT2D eigenvalue weighted by Crippen LogP contribution is 2.24. The number of nitrogens with one attached hydrogen (secondary N) is 1. The van der Waals surface area contributed by atoms with E-state index in [1.165, 1.54) is 0 Å². The van der Waals surface area contributed by atoms with E-state index in [2.05, 4.69) is 10.5 Å². The van der Waals surface area contributed by atoms with Crippen molar-refractivity contribution >= 4 is 22.8 Å². The molecule has 0 saturated heterocycles. The fraction of sp³-hybridized carbons (Fsp3) is 0.471. The van der Waals surface area contributed by atoms with Crippen molar-refractivity contribution in [1.82, 2.24) is 10.5 Å². The Morgan fingerprint density at radius 1 is 1.30 bits per heavy atom. The fourth-order valence-electron chi connectivity index (χ4n) is 2.73. The average Bonchev–Trinajstić information content (AvgIpc) is 2.80. The summed E-state index contributed by atoms with van der Waals surface area (Å²) < 4.78 is 5.28. The minimum absolute atomic E-state index is 0.00121. The van der Waals surface area contributed by atoms with Crippen LogP contribution in [0.4, 0.5) is 0 Å². The Kier molecular flexibility index (Phi) is 5.03. The van der Waals surface area contributed by atoms with Crippen molar-refractivity contribution in [2.24, 2.45) is 5.92 Å². The summed E-state index contributed by atoms with van der Waals surface area (Å²) in [5, 5.41) is 16.5. The van der Waals surface area contributed by atoms with E-state index in [1.807, 2.05) is 39.8 Å². The molecule has 1 unspecified atom stereocenters. The van der Waals surface area contributed by atoms with E-state index in [1.54, 1.807) is 0 Å². The lowest BCUT2D eigenvalue weighted by Crippen LogP contribution is -2.42. The number of rotatable bonds is 6. The van der Waals surface area contributed by atoms with Crippen molar-refractivity contribution in [1.29, 1.82) is 0 Å². The first-order valence-electron chi connectivity index (χ1n) is 7.65. The monoisotopic (exact) mass is 318 g/mol. The van der Waals surface area contributed by atoms with Crippen LogP contribution in [0.15, 0.2) is 16.7 Å². The van der Waals surface area contributed by atoms with E-state index < -0.39 is 12.0 Å². The molecule has 1 amide bonds. The second kappa shape index (κ2) is 6.81. The summed E-state index contributed by atoms with van der Waals surface area (Å²) in [4.78, 5) is 23.4. The molecule has 6 nitrogen and oxygen atoms in total. The smallest absolute Gasteiger partial charge is 0.326 e. The first kappa shape index (κ1) is 17.0. The molecule has 2 N–H and O–H groups in total. The third kappa shape index (κ3) is 4.09. The minimum atomic E-state index is -1.02. The molecule has 1 aromatic carbocycles. The molecule has 0 aliphatic rings. The number of carboxylic acid groups (broad SMARTS) is 1. The first-order valence-corrected chi connectivity index (χ1v) is 7.65. The maximum atomic E-state index is 12.2. The number of aromatic nitrogens is 1. The Morgan fingerprint density at radius 2 is 2.00 bits per heavy atom. The highest BCUT2D eigenvalue weighted by Gasteiger charge is 2.22. The third-order valence-corrected chi connectivity index (χ3v) is 3.65. The molecule has 0 aliphatic heterocycles. The Balaban J connectivity index is 2.15. The minimum Gasteiger partial charge on any atom is -0.480 e. The van der Waals surface area contributed by atoms with Gasteiger partial charge in [-0.1, -0.05) is 25.1 Å². The van der Waals surface area contributed by atoms with Crippen molar-refractivity contribution < 1.29 is 19.2 Å². The van der Waals surface area contributed by atoms with Crippen LogP contribution in [-0.4, -0.2) is 28.2 Å². The quantitative estimate of drug-likeness (QED) is 0.854. The van der Waals surface area contributed by atoms with Gasteiger partial charge in [0.05, 0.1) is 6.42 Å². The zero-order chi connectivity index (χ0) is 17.1. The number of aliphatic carboxylic acids is 1. The van der Waals surface area contributed by atoms with E-state index in [0.29, 0.717) is 17.7 Å². The first-order chi connectivity index (χ1) is 10.8. The molecule has 1 heterocycles. The number of benzene rings is 1. The van der Waals surface area contributed by atoms with Gasteiger partial charge in [-0.3, -0.25) is 4.79 Å². The molecule has 0 fully saturated rings. The van der Waals surface area contributed by atoms with Gasteiger partial charge in [-0.2, -0.15) is 0 Å². The molecule has 1 atom stereocenters. The number of nitrogens with zero attached hydrogens (tertiary/aromatic N) is 1. The van der Waals surface area contributed by atoms with Gasteiger partial charge in [0.2, 0.25) is 5.91 Å². The average molecular weight is 318 g/mol. The van der Waals surface area contributed by atoms with Gasteiger partial charge in [0.25, 0.3) is 0 Å². The zero-order valence-electron chi connectivity index (χ0n) is 13.8. The summed E-state index contributed by atoms with van der Waals surface area (Å²) in [7, 11) is 0. The lowest BCUT2D eigenvalue weighted by atomic mass is 10.0. The van der Waals surface area contributed by atoms with Crippen LogP contribution in [-0.2, 0) is 16.0 Å². The summed E-state index contributed by atoms with van der Waals surface area (Å²) in [5.74, 6) is -1.22. The number of amides is 1. The summed E-state index contributed by atoms with van der Waals surface area (Å²) in [6.45, 7) is 7.73. The van der Waals surface area contributed by atoms with Crippen LogP contribution in [0.5, 0.6) is 0 Å². The standard InChI is InChI=1S/C17H22N2O4/c1-9(2)5-13(17(21)22)18-15(20)8-12-16-11(4)6-10(3)7-14(16)23-19-12/h6-7,9,13H,5,8H2,1-4H3,(H,18,20)(H,21,22). The Hall–Kier alpha value is -2.37. The number of fused-ring (bicyclic) bond motifs is 1. The summed E-state index contributed by atoms with van der Waals surface area (Å²) in [5.41, 5.74) is 3.22. The molecular weight excluding hydrogens is 296 g/mol. The Morgan fingerprint density at radius 3 is 2.61 bits per heavy atom. The van der Waals surface area contributed by atoms with Crippen LogP contribution < -0.4 is 5.32 Å². The lowest BCUT2D eigenvalue weighted by Gasteiger charge is -2.16. The van der Waals surface area contributed by atoms with Crippen LogP contribution in [0.1, 0.15) is 37.1 Å². The van der Waals surface area contributed by atoms with Gasteiger partial charge in [-0.05, 0) is 43.4 Å². The molecule has 0 aliphatic carbocycles. The van der Waals surface area contributed by atoms with Crippen LogP contribution in [0.25, 0.3) is 11.0 Å². The van der Waals surface area contributed by atoms with E-state index >= 15 is 0 Å². The van der Waals surface area contributed by atoms with Crippen molar-refractivity contribution in [2.75, 3.05) is 0 Å². The molecule has 6 heteroatoms. The molecule has 0 radical (unpaired) electrons. The van der Waals surface area contributed by atoms with Gasteiger partial charge in [-0.25, -0.2) is 4.79 Å². The number of aryl methyl sites for hydroxylation is 2. The highest BCUT2D eigenvalue weighted by molar-refractivity contribution is 5.90. The van der Waals surface area contributed by atoms with Crippen LogP contribution in [0.2, 0.25) is 0 Å². The number of carbonyl (C=O) groups excluding carboxylic acids is 1. The van der Waals surface area contributed by atoms with Crippen LogP contribution in [0.3, 0.4) is 0 Å². The zero-order valence-corrected chi connectivity index (χ0v) is 13.8. The van der Waals surface area contributed by atoms with Gasteiger partial charge in [0.1, 0.15) is 11.7 Å². The summed E-state index contributed by atoms with van der Waals surface area (Å²) in [6, 6.07) is 2.99. The van der Waals surface area contributed by atoms with Crippen molar-refractivity contribution in [3.05, 3.63) is 29.0 Å². The highest BCUT2D eigenvalue weighted by atomic mass is 16.5. The van der Waals surface area contributed by atoms with E-state index in [-0.39, 0.29) is 18.2 Å². The van der Waals surface area contributed by atoms with E-state index in [4.69, 9.17) is 4.52 Å². The fourth-order valence-corrected chi connectivity index (χ4v) is 2.73. The second-order valence-corrected chi connectivity index (χ2v) is 6.35. The molecular formula is C17H22N2O4. The van der Waals surface area contributed by atoms with Crippen LogP contribution in [0, 0.1) is 19.8 Å². The maximum Gasteiger partial charge on any atom is 0.326 e. The molecule has 0 bridgehead atoms. The molecule has 2 rings (SSSR count). The molecule has 124 valence electrons. The number of hydrogen-bond donors (Lipinski definition) is 2. The molecule has 1 aromatic heterocycles. The van der Waals surface area contributed by atoms with E-state index in [0.717, 1.165) is 16.5 Å². The number of carboxylic acids is 1. The number of hydrogen-bond acceptors (Lipinski definition) is 4. The lowest BCUT2D eigenvalue weighted by molar-refractivity contribution is -0.142. The predicted octanol–water partition coefficient (Wildman–Crippen LogP) is 2.60. The normalized spacial score (nSPS) is 12.6. The molecule has 0 saturated carbocycles. The third-order valence-electron chi connectivity index (χ3n) is 3.65. The van der Waals surface area contributed by atoms with Crippen LogP contribution >= 0.6 is 0 Å². The van der Waals surface area contributed by atoms with Gasteiger partial charge >= 0.3 is 5.97 Å². The molecule has 2 aromatic rings. The van der Waals surface area contributed by atoms with Crippen molar-refractivity contribution in [3.8, 4) is 0 Å². The summed E-state index contributed by atoms with van der Waals surface area (Å²) in [6.07, 6.45) is 0.387. The molecule has 0 spiro atoms. The topological polar surface area (TPSA) is 92.4 Å². The number of carbonyl (C=O) groups is 2. The van der Waals surface area contributed by atoms with E-state index in [9.17, 15) is 14.7 Å². The summed E-state index contributed by atoms with van der Waals surface area (Å²) >= 11 is 0. The van der Waals surface area contributed by atoms with Crippen molar-refractivity contribution in [2.45, 2.75) is 46.6 Å².